The average molecular weight is 1410 g/mol. The Kier molecular flexibility index (Phi) is 67.4. The molecule has 0 heterocycles. The van der Waals surface area contributed by atoms with Gasteiger partial charge in [-0.1, -0.05) is 350 Å². The molecule has 0 radical (unpaired) electrons. The molecule has 0 aliphatic heterocycles. The van der Waals surface area contributed by atoms with E-state index in [4.69, 9.17) is 37.0 Å². The Balaban J connectivity index is 5.26. The zero-order chi connectivity index (χ0) is 70.7. The van der Waals surface area contributed by atoms with Crippen LogP contribution in [0.2, 0.25) is 0 Å². The van der Waals surface area contributed by atoms with E-state index >= 15 is 0 Å². The normalized spacial score (nSPS) is 14.0. The monoisotopic (exact) mass is 1410 g/mol. The Morgan fingerprint density at radius 3 is 0.708 bits per heavy atom. The lowest BCUT2D eigenvalue weighted by atomic mass is 10.0. The van der Waals surface area contributed by atoms with Crippen LogP contribution in [0.4, 0.5) is 0 Å². The summed E-state index contributed by atoms with van der Waals surface area (Å²) < 4.78 is 68.6. The number of aliphatic hydroxyl groups excluding tert-OH is 1. The minimum Gasteiger partial charge on any atom is -0.462 e. The second-order valence-electron chi connectivity index (χ2n) is 28.7. The first-order valence-corrected chi connectivity index (χ1v) is 43.0. The standard InChI is InChI=1S/C77H150O17P2/c1-7-9-11-13-15-17-19-21-22-23-25-31-37-44-50-56-62-77(82)93-72(65-87-74(79)59-53-47-41-35-29-27-26-28-33-39-45-51-57-69(3)4)67-91-95(83,84)89-63-71(78)64-90-96(85,86)92-68-73(66-88-75(80)60-54-48-42-38-32-34-40-46-52-58-70(5)6)94-76(81)61-55-49-43-36-30-24-20-18-16-14-12-10-8-2/h69-73,78H,7-68H2,1-6H3,(H,83,84)(H,85,86)/t71-,72-,73-/m1/s1. The number of hydrogen-bond donors (Lipinski definition) is 3. The van der Waals surface area contributed by atoms with Crippen molar-refractivity contribution >= 4 is 39.5 Å². The number of phosphoric acid groups is 2. The van der Waals surface area contributed by atoms with Crippen LogP contribution in [0.15, 0.2) is 0 Å². The highest BCUT2D eigenvalue weighted by Gasteiger charge is 2.30. The molecule has 5 atom stereocenters. The number of aliphatic hydroxyl groups is 1. The fourth-order valence-corrected chi connectivity index (χ4v) is 13.4. The van der Waals surface area contributed by atoms with Crippen LogP contribution in [0.25, 0.3) is 0 Å². The number of unbranched alkanes of at least 4 members (excludes halogenated alkanes) is 46. The molecule has 0 aliphatic rings. The lowest BCUT2D eigenvalue weighted by Gasteiger charge is -2.21. The summed E-state index contributed by atoms with van der Waals surface area (Å²) >= 11 is 0. The van der Waals surface area contributed by atoms with Gasteiger partial charge >= 0.3 is 39.5 Å². The Hall–Kier alpha value is -1.94. The maximum atomic E-state index is 13.1. The highest BCUT2D eigenvalue weighted by Crippen LogP contribution is 2.45. The zero-order valence-electron chi connectivity index (χ0n) is 62.7. The lowest BCUT2D eigenvalue weighted by molar-refractivity contribution is -0.161. The van der Waals surface area contributed by atoms with Crippen LogP contribution < -0.4 is 0 Å². The Morgan fingerprint density at radius 2 is 0.479 bits per heavy atom. The lowest BCUT2D eigenvalue weighted by Crippen LogP contribution is -2.30. The number of rotatable bonds is 76. The van der Waals surface area contributed by atoms with Crippen molar-refractivity contribution in [2.24, 2.45) is 11.8 Å². The van der Waals surface area contributed by atoms with E-state index in [9.17, 15) is 43.2 Å². The number of carbonyl (C=O) groups excluding carboxylic acids is 4. The van der Waals surface area contributed by atoms with Gasteiger partial charge in [0.25, 0.3) is 0 Å². The summed E-state index contributed by atoms with van der Waals surface area (Å²) in [5.74, 6) is -0.585. The minimum absolute atomic E-state index is 0.107. The molecule has 0 aromatic carbocycles. The van der Waals surface area contributed by atoms with Gasteiger partial charge in [0, 0.05) is 25.7 Å². The van der Waals surface area contributed by atoms with Gasteiger partial charge in [-0.25, -0.2) is 9.13 Å². The van der Waals surface area contributed by atoms with Crippen molar-refractivity contribution in [3.8, 4) is 0 Å². The predicted octanol–water partition coefficient (Wildman–Crippen LogP) is 22.7. The third-order valence-corrected chi connectivity index (χ3v) is 19.9. The molecule has 570 valence electrons. The molecule has 0 bridgehead atoms. The fraction of sp³-hybridized carbons (Fsp3) is 0.948. The van der Waals surface area contributed by atoms with Gasteiger partial charge in [0.05, 0.1) is 26.4 Å². The largest absolute Gasteiger partial charge is 0.472 e. The molecule has 0 aliphatic carbocycles. The molecule has 3 N–H and O–H groups in total. The quantitative estimate of drug-likeness (QED) is 0.0222. The van der Waals surface area contributed by atoms with E-state index < -0.39 is 97.5 Å². The van der Waals surface area contributed by atoms with Crippen molar-refractivity contribution in [1.82, 2.24) is 0 Å². The molecule has 0 amide bonds. The fourth-order valence-electron chi connectivity index (χ4n) is 11.8. The van der Waals surface area contributed by atoms with Gasteiger partial charge in [-0.05, 0) is 37.5 Å². The van der Waals surface area contributed by atoms with Crippen LogP contribution >= 0.6 is 15.6 Å². The van der Waals surface area contributed by atoms with E-state index in [1.54, 1.807) is 0 Å². The first kappa shape index (κ1) is 94.1. The molecule has 2 unspecified atom stereocenters. The molecule has 96 heavy (non-hydrogen) atoms. The molecule has 0 aromatic rings. The van der Waals surface area contributed by atoms with E-state index in [0.717, 1.165) is 102 Å². The molecular weight excluding hydrogens is 1260 g/mol. The van der Waals surface area contributed by atoms with Gasteiger partial charge in [-0.3, -0.25) is 37.3 Å². The molecule has 19 heteroatoms. The molecule has 0 saturated carbocycles. The van der Waals surface area contributed by atoms with Crippen molar-refractivity contribution in [2.75, 3.05) is 39.6 Å². The summed E-state index contributed by atoms with van der Waals surface area (Å²) in [7, 11) is -9.91. The van der Waals surface area contributed by atoms with Crippen LogP contribution in [0, 0.1) is 11.8 Å². The van der Waals surface area contributed by atoms with Crippen LogP contribution in [-0.4, -0.2) is 96.7 Å². The number of carbonyl (C=O) groups is 4. The number of esters is 4. The minimum atomic E-state index is -4.96. The molecule has 0 fully saturated rings. The smallest absolute Gasteiger partial charge is 0.462 e. The van der Waals surface area contributed by atoms with E-state index in [0.29, 0.717) is 25.7 Å². The van der Waals surface area contributed by atoms with Crippen LogP contribution in [0.3, 0.4) is 0 Å². The van der Waals surface area contributed by atoms with Crippen molar-refractivity contribution in [1.29, 1.82) is 0 Å². The zero-order valence-corrected chi connectivity index (χ0v) is 64.5. The van der Waals surface area contributed by atoms with Gasteiger partial charge in [-0.2, -0.15) is 0 Å². The highest BCUT2D eigenvalue weighted by atomic mass is 31.2. The third-order valence-electron chi connectivity index (χ3n) is 18.0. The number of ether oxygens (including phenoxy) is 4. The molecule has 0 saturated heterocycles. The molecule has 0 spiro atoms. The van der Waals surface area contributed by atoms with Crippen molar-refractivity contribution in [3.05, 3.63) is 0 Å². The predicted molar refractivity (Wildman–Crippen MR) is 391 cm³/mol. The van der Waals surface area contributed by atoms with Crippen LogP contribution in [0.1, 0.15) is 401 Å². The third kappa shape index (κ3) is 70.5. The van der Waals surface area contributed by atoms with E-state index in [-0.39, 0.29) is 25.7 Å². The summed E-state index contributed by atoms with van der Waals surface area (Å²) in [4.78, 5) is 72.9. The second-order valence-corrected chi connectivity index (χ2v) is 31.6. The Labute approximate surface area is 588 Å². The SMILES string of the molecule is CCCCCCCCCCCCCCCCCCC(=O)O[C@H](COC(=O)CCCCCCCCCCCCCCC(C)C)COP(=O)(O)OC[C@@H](O)COP(=O)(O)OC[C@@H](COC(=O)CCCCCCCCCCCC(C)C)OC(=O)CCCCCCCCCCCCCCC. The van der Waals surface area contributed by atoms with Crippen LogP contribution in [-0.2, 0) is 65.4 Å². The maximum absolute atomic E-state index is 13.1. The van der Waals surface area contributed by atoms with Gasteiger partial charge in [0.1, 0.15) is 19.3 Å². The molecular formula is C77H150O17P2. The Morgan fingerprint density at radius 1 is 0.281 bits per heavy atom. The van der Waals surface area contributed by atoms with Gasteiger partial charge in [0.15, 0.2) is 12.2 Å². The van der Waals surface area contributed by atoms with Gasteiger partial charge < -0.3 is 33.8 Å². The summed E-state index contributed by atoms with van der Waals surface area (Å²) in [6.07, 6.45) is 56.7. The van der Waals surface area contributed by atoms with E-state index in [1.807, 2.05) is 0 Å². The average Bonchev–Trinajstić information content (AvgIpc) is 1.18. The summed E-state index contributed by atoms with van der Waals surface area (Å²) in [6.45, 7) is 9.61. The molecule has 0 aromatic heterocycles. The van der Waals surface area contributed by atoms with Gasteiger partial charge in [0.2, 0.25) is 0 Å². The maximum Gasteiger partial charge on any atom is 0.472 e. The number of hydrogen-bond acceptors (Lipinski definition) is 15. The topological polar surface area (TPSA) is 237 Å². The van der Waals surface area contributed by atoms with E-state index in [2.05, 4.69) is 41.5 Å². The Bertz CT molecular complexity index is 1860. The summed E-state index contributed by atoms with van der Waals surface area (Å²) in [6, 6.07) is 0. The first-order chi connectivity index (χ1) is 46.4. The van der Waals surface area contributed by atoms with Crippen molar-refractivity contribution in [2.45, 2.75) is 419 Å². The van der Waals surface area contributed by atoms with E-state index in [1.165, 1.54) is 218 Å². The van der Waals surface area contributed by atoms with Crippen molar-refractivity contribution < 1.29 is 80.2 Å². The molecule has 0 rings (SSSR count). The number of phosphoric ester groups is 2. The van der Waals surface area contributed by atoms with Crippen molar-refractivity contribution in [3.63, 3.8) is 0 Å². The summed E-state index contributed by atoms with van der Waals surface area (Å²) in [5.41, 5.74) is 0. The summed E-state index contributed by atoms with van der Waals surface area (Å²) in [5, 5.41) is 10.6. The van der Waals surface area contributed by atoms with Gasteiger partial charge in [-0.15, -0.1) is 0 Å². The second kappa shape index (κ2) is 68.8. The first-order valence-electron chi connectivity index (χ1n) is 40.0. The highest BCUT2D eigenvalue weighted by molar-refractivity contribution is 7.47. The molecule has 17 nitrogen and oxygen atoms in total. The van der Waals surface area contributed by atoms with Crippen LogP contribution in [0.5, 0.6) is 0 Å².